The van der Waals surface area contributed by atoms with Crippen molar-refractivity contribution < 1.29 is 4.79 Å². The van der Waals surface area contributed by atoms with Gasteiger partial charge in [0.2, 0.25) is 0 Å². The van der Waals surface area contributed by atoms with Crippen LogP contribution in [-0.4, -0.2) is 39.0 Å². The third-order valence-electron chi connectivity index (χ3n) is 2.50. The highest BCUT2D eigenvalue weighted by Crippen LogP contribution is 2.10. The summed E-state index contributed by atoms with van der Waals surface area (Å²) in [5, 5.41) is 7.84. The van der Waals surface area contributed by atoms with Crippen LogP contribution in [0.4, 0.5) is 4.79 Å². The van der Waals surface area contributed by atoms with E-state index in [1.54, 1.807) is 17.1 Å². The molecule has 0 saturated heterocycles. The molecule has 2 aromatic rings. The summed E-state index contributed by atoms with van der Waals surface area (Å²) in [6.45, 7) is 8.16. The van der Waals surface area contributed by atoms with Gasteiger partial charge in [-0.15, -0.1) is 18.3 Å². The Kier molecular flexibility index (Phi) is 3.52. The fourth-order valence-corrected chi connectivity index (χ4v) is 1.69. The maximum atomic E-state index is 12.3. The highest BCUT2D eigenvalue weighted by atomic mass is 16.2. The van der Waals surface area contributed by atoms with Crippen LogP contribution < -0.4 is 0 Å². The van der Waals surface area contributed by atoms with Gasteiger partial charge in [-0.1, -0.05) is 29.5 Å². The molecular weight excluding hydrogens is 228 g/mol. The fourth-order valence-electron chi connectivity index (χ4n) is 1.69. The molecule has 1 amide bonds. The summed E-state index contributed by atoms with van der Waals surface area (Å²) in [5.74, 6) is 0. The van der Waals surface area contributed by atoms with Crippen LogP contribution in [-0.2, 0) is 0 Å². The van der Waals surface area contributed by atoms with Crippen molar-refractivity contribution >= 4 is 17.1 Å². The number of benzene rings is 1. The van der Waals surface area contributed by atoms with E-state index >= 15 is 0 Å². The lowest BCUT2D eigenvalue weighted by Crippen LogP contribution is -2.35. The van der Waals surface area contributed by atoms with E-state index in [4.69, 9.17) is 0 Å². The molecule has 0 unspecified atom stereocenters. The smallest absolute Gasteiger partial charge is 0.315 e. The third-order valence-corrected chi connectivity index (χ3v) is 2.50. The van der Waals surface area contributed by atoms with E-state index in [9.17, 15) is 4.79 Å². The van der Waals surface area contributed by atoms with Crippen LogP contribution in [0.25, 0.3) is 11.0 Å². The van der Waals surface area contributed by atoms with Crippen LogP contribution >= 0.6 is 0 Å². The Hall–Kier alpha value is -2.43. The SMILES string of the molecule is C=CCN(CC=C)C(=O)n1nnc2ccccc21. The van der Waals surface area contributed by atoms with Crippen LogP contribution in [0.15, 0.2) is 49.6 Å². The average molecular weight is 242 g/mol. The second kappa shape index (κ2) is 5.27. The van der Waals surface area contributed by atoms with Gasteiger partial charge < -0.3 is 4.90 Å². The lowest BCUT2D eigenvalue weighted by Gasteiger charge is -2.18. The first-order chi connectivity index (χ1) is 8.77. The number of amides is 1. The number of hydrogen-bond donors (Lipinski definition) is 0. The van der Waals surface area contributed by atoms with Crippen molar-refractivity contribution in [2.45, 2.75) is 0 Å². The van der Waals surface area contributed by atoms with E-state index in [2.05, 4.69) is 23.5 Å². The molecule has 0 saturated carbocycles. The summed E-state index contributed by atoms with van der Waals surface area (Å²) >= 11 is 0. The molecule has 0 atom stereocenters. The summed E-state index contributed by atoms with van der Waals surface area (Å²) < 4.78 is 1.29. The Morgan fingerprint density at radius 2 is 1.94 bits per heavy atom. The zero-order chi connectivity index (χ0) is 13.0. The molecule has 0 aliphatic carbocycles. The third kappa shape index (κ3) is 2.15. The molecule has 0 bridgehead atoms. The van der Waals surface area contributed by atoms with Gasteiger partial charge in [0.15, 0.2) is 0 Å². The van der Waals surface area contributed by atoms with Gasteiger partial charge in [0.1, 0.15) is 5.52 Å². The fraction of sp³-hybridized carbons (Fsp3) is 0.154. The first kappa shape index (κ1) is 12.0. The maximum Gasteiger partial charge on any atom is 0.347 e. The minimum atomic E-state index is -0.233. The van der Waals surface area contributed by atoms with Gasteiger partial charge in [0.25, 0.3) is 0 Å². The minimum absolute atomic E-state index is 0.233. The van der Waals surface area contributed by atoms with Gasteiger partial charge in [0, 0.05) is 13.1 Å². The quantitative estimate of drug-likeness (QED) is 0.771. The van der Waals surface area contributed by atoms with Gasteiger partial charge in [-0.3, -0.25) is 0 Å². The molecule has 0 fully saturated rings. The number of carbonyl (C=O) groups excluding carboxylic acids is 1. The number of aromatic nitrogens is 3. The molecule has 5 heteroatoms. The average Bonchev–Trinajstić information content (AvgIpc) is 2.81. The van der Waals surface area contributed by atoms with Crippen LogP contribution in [0, 0.1) is 0 Å². The van der Waals surface area contributed by atoms with Crippen molar-refractivity contribution in [2.24, 2.45) is 0 Å². The number of fused-ring (bicyclic) bond motifs is 1. The van der Waals surface area contributed by atoms with Crippen LogP contribution in [0.3, 0.4) is 0 Å². The lowest BCUT2D eigenvalue weighted by atomic mass is 10.3. The van der Waals surface area contributed by atoms with E-state index in [1.807, 2.05) is 24.3 Å². The number of carbonyl (C=O) groups is 1. The van der Waals surface area contributed by atoms with E-state index in [0.29, 0.717) is 24.1 Å². The summed E-state index contributed by atoms with van der Waals surface area (Å²) in [7, 11) is 0. The van der Waals surface area contributed by atoms with Crippen LogP contribution in [0.1, 0.15) is 0 Å². The highest BCUT2D eigenvalue weighted by Gasteiger charge is 2.16. The Balaban J connectivity index is 2.37. The monoisotopic (exact) mass is 242 g/mol. The summed E-state index contributed by atoms with van der Waals surface area (Å²) in [6, 6.07) is 7.10. The largest absolute Gasteiger partial charge is 0.347 e. The van der Waals surface area contributed by atoms with Gasteiger partial charge >= 0.3 is 6.03 Å². The van der Waals surface area contributed by atoms with E-state index < -0.39 is 0 Å². The second-order valence-corrected chi connectivity index (χ2v) is 3.75. The molecule has 18 heavy (non-hydrogen) atoms. The number of hydrogen-bond acceptors (Lipinski definition) is 3. The summed E-state index contributed by atoms with van der Waals surface area (Å²) in [6.07, 6.45) is 3.33. The molecule has 0 aliphatic rings. The maximum absolute atomic E-state index is 12.3. The highest BCUT2D eigenvalue weighted by molar-refractivity contribution is 5.87. The number of nitrogens with zero attached hydrogens (tertiary/aromatic N) is 4. The van der Waals surface area contributed by atoms with Crippen LogP contribution in [0.2, 0.25) is 0 Å². The molecule has 0 spiro atoms. The van der Waals surface area contributed by atoms with Gasteiger partial charge in [-0.05, 0) is 12.1 Å². The molecule has 5 nitrogen and oxygen atoms in total. The normalized spacial score (nSPS) is 10.2. The van der Waals surface area contributed by atoms with E-state index in [1.165, 1.54) is 4.68 Å². The Morgan fingerprint density at radius 1 is 1.28 bits per heavy atom. The summed E-state index contributed by atoms with van der Waals surface area (Å²) in [5.41, 5.74) is 1.39. The molecule has 0 N–H and O–H groups in total. The van der Waals surface area contributed by atoms with Crippen molar-refractivity contribution in [1.29, 1.82) is 0 Å². The van der Waals surface area contributed by atoms with Crippen molar-refractivity contribution in [3.63, 3.8) is 0 Å². The lowest BCUT2D eigenvalue weighted by molar-refractivity contribution is 0.207. The molecule has 1 heterocycles. The first-order valence-electron chi connectivity index (χ1n) is 5.59. The molecular formula is C13H14N4O. The number of para-hydroxylation sites is 1. The van der Waals surface area contributed by atoms with Gasteiger partial charge in [-0.25, -0.2) is 4.79 Å². The Morgan fingerprint density at radius 3 is 2.61 bits per heavy atom. The van der Waals surface area contributed by atoms with E-state index in [0.717, 1.165) is 0 Å². The van der Waals surface area contributed by atoms with Crippen molar-refractivity contribution in [1.82, 2.24) is 19.9 Å². The zero-order valence-electron chi connectivity index (χ0n) is 9.99. The number of rotatable bonds is 4. The molecule has 0 aliphatic heterocycles. The molecule has 2 rings (SSSR count). The van der Waals surface area contributed by atoms with Crippen molar-refractivity contribution in [2.75, 3.05) is 13.1 Å². The molecule has 1 aromatic heterocycles. The molecule has 92 valence electrons. The molecule has 0 radical (unpaired) electrons. The Bertz CT molecular complexity index is 577. The minimum Gasteiger partial charge on any atom is -0.315 e. The standard InChI is InChI=1S/C13H14N4O/c1-3-9-16(10-4-2)13(18)17-12-8-6-5-7-11(12)14-15-17/h3-8H,1-2,9-10H2. The van der Waals surface area contributed by atoms with Gasteiger partial charge in [-0.2, -0.15) is 4.68 Å². The predicted molar refractivity (Wildman–Crippen MR) is 70.3 cm³/mol. The topological polar surface area (TPSA) is 51.0 Å². The molecule has 1 aromatic carbocycles. The van der Waals surface area contributed by atoms with E-state index in [-0.39, 0.29) is 6.03 Å². The second-order valence-electron chi connectivity index (χ2n) is 3.75. The van der Waals surface area contributed by atoms with Gasteiger partial charge in [0.05, 0.1) is 5.52 Å². The van der Waals surface area contributed by atoms with Crippen molar-refractivity contribution in [3.8, 4) is 0 Å². The first-order valence-corrected chi connectivity index (χ1v) is 5.59. The summed E-state index contributed by atoms with van der Waals surface area (Å²) in [4.78, 5) is 13.9. The Labute approximate surface area is 105 Å². The zero-order valence-corrected chi connectivity index (χ0v) is 9.99. The van der Waals surface area contributed by atoms with Crippen molar-refractivity contribution in [3.05, 3.63) is 49.6 Å². The van der Waals surface area contributed by atoms with Crippen LogP contribution in [0.5, 0.6) is 0 Å². The predicted octanol–water partition coefficient (Wildman–Crippen LogP) is 2.07.